The summed E-state index contributed by atoms with van der Waals surface area (Å²) in [6, 6.07) is 10.1. The Kier molecular flexibility index (Phi) is 5.01. The van der Waals surface area contributed by atoms with Gasteiger partial charge in [0.05, 0.1) is 5.52 Å². The first-order valence-electron chi connectivity index (χ1n) is 6.32. The molecule has 1 unspecified atom stereocenters. The molecule has 0 amide bonds. The van der Waals surface area contributed by atoms with E-state index in [0.29, 0.717) is 5.25 Å². The molecule has 0 bridgehead atoms. The first-order valence-corrected chi connectivity index (χ1v) is 7.37. The van der Waals surface area contributed by atoms with Gasteiger partial charge in [-0.1, -0.05) is 25.1 Å². The van der Waals surface area contributed by atoms with Crippen LogP contribution in [0.25, 0.3) is 10.9 Å². The number of benzene rings is 1. The fraction of sp³-hybridized carbons (Fsp3) is 0.357. The molecule has 1 atom stereocenters. The molecular formula is C14H19N3OS. The topological polar surface area (TPSA) is 71.2 Å². The zero-order valence-electron chi connectivity index (χ0n) is 11.0. The number of anilines is 1. The number of thioether (sulfide) groups is 1. The van der Waals surface area contributed by atoms with Crippen molar-refractivity contribution in [2.24, 2.45) is 5.84 Å². The van der Waals surface area contributed by atoms with Gasteiger partial charge in [0.15, 0.2) is 0 Å². The van der Waals surface area contributed by atoms with Gasteiger partial charge in [0, 0.05) is 28.6 Å². The van der Waals surface area contributed by atoms with Crippen molar-refractivity contribution in [3.63, 3.8) is 0 Å². The Morgan fingerprint density at radius 2 is 2.21 bits per heavy atom. The zero-order chi connectivity index (χ0) is 13.7. The summed E-state index contributed by atoms with van der Waals surface area (Å²) in [6.45, 7) is 2.34. The maximum Gasteiger partial charge on any atom is 0.144 e. The van der Waals surface area contributed by atoms with Gasteiger partial charge in [-0.05, 0) is 18.6 Å². The molecule has 0 fully saturated rings. The lowest BCUT2D eigenvalue weighted by molar-refractivity contribution is 0.289. The van der Waals surface area contributed by atoms with Crippen LogP contribution in [0.3, 0.4) is 0 Å². The van der Waals surface area contributed by atoms with Crippen LogP contribution >= 0.6 is 11.8 Å². The molecule has 2 rings (SSSR count). The normalized spacial score (nSPS) is 12.6. The van der Waals surface area contributed by atoms with E-state index in [4.69, 9.17) is 10.9 Å². The number of aromatic nitrogens is 1. The maximum atomic E-state index is 8.92. The molecule has 5 heteroatoms. The molecule has 1 heterocycles. The number of nitrogens with one attached hydrogen (secondary N) is 1. The minimum atomic E-state index is 0.228. The molecule has 0 spiro atoms. The lowest BCUT2D eigenvalue weighted by Crippen LogP contribution is -2.11. The van der Waals surface area contributed by atoms with Crippen LogP contribution < -0.4 is 11.3 Å². The van der Waals surface area contributed by atoms with Crippen LogP contribution in [0, 0.1) is 0 Å². The van der Waals surface area contributed by atoms with Crippen LogP contribution in [0.15, 0.2) is 30.3 Å². The van der Waals surface area contributed by atoms with Gasteiger partial charge in [-0.25, -0.2) is 10.8 Å². The van der Waals surface area contributed by atoms with E-state index < -0.39 is 0 Å². The van der Waals surface area contributed by atoms with Gasteiger partial charge in [-0.15, -0.1) is 0 Å². The van der Waals surface area contributed by atoms with E-state index in [1.165, 1.54) is 0 Å². The molecule has 1 aromatic heterocycles. The predicted octanol–water partition coefficient (Wildman–Crippen LogP) is 2.52. The number of hydrogen-bond acceptors (Lipinski definition) is 5. The Morgan fingerprint density at radius 1 is 1.42 bits per heavy atom. The number of nitrogen functional groups attached to an aromatic ring is 1. The van der Waals surface area contributed by atoms with E-state index in [1.807, 2.05) is 24.3 Å². The van der Waals surface area contributed by atoms with Crippen molar-refractivity contribution in [1.29, 1.82) is 0 Å². The van der Waals surface area contributed by atoms with Gasteiger partial charge in [-0.2, -0.15) is 11.8 Å². The van der Waals surface area contributed by atoms with E-state index in [-0.39, 0.29) is 6.61 Å². The van der Waals surface area contributed by atoms with Gasteiger partial charge in [0.25, 0.3) is 0 Å². The molecule has 0 aliphatic heterocycles. The molecule has 0 radical (unpaired) electrons. The summed E-state index contributed by atoms with van der Waals surface area (Å²) in [5, 5.41) is 10.5. The molecule has 0 saturated heterocycles. The summed E-state index contributed by atoms with van der Waals surface area (Å²) in [5.74, 6) is 7.10. The van der Waals surface area contributed by atoms with Crippen LogP contribution in [-0.4, -0.2) is 21.9 Å². The third kappa shape index (κ3) is 3.59. The number of aliphatic hydroxyl groups is 1. The summed E-state index contributed by atoms with van der Waals surface area (Å²) < 4.78 is 0. The molecule has 4 nitrogen and oxygen atoms in total. The summed E-state index contributed by atoms with van der Waals surface area (Å²) in [5.41, 5.74) is 4.70. The number of aliphatic hydroxyl groups excluding tert-OH is 1. The molecular weight excluding hydrogens is 258 g/mol. The average molecular weight is 277 g/mol. The minimum Gasteiger partial charge on any atom is -0.396 e. The predicted molar refractivity (Wildman–Crippen MR) is 82.0 cm³/mol. The highest BCUT2D eigenvalue weighted by Crippen LogP contribution is 2.26. The van der Waals surface area contributed by atoms with Crippen LogP contribution in [0.1, 0.15) is 18.9 Å². The minimum absolute atomic E-state index is 0.228. The third-order valence-electron chi connectivity index (χ3n) is 3.00. The maximum absolute atomic E-state index is 8.92. The Morgan fingerprint density at radius 3 is 2.95 bits per heavy atom. The second-order valence-corrected chi connectivity index (χ2v) is 5.89. The number of nitrogens with two attached hydrogens (primary N) is 1. The number of hydrazine groups is 1. The van der Waals surface area contributed by atoms with E-state index >= 15 is 0 Å². The van der Waals surface area contributed by atoms with E-state index in [9.17, 15) is 0 Å². The largest absolute Gasteiger partial charge is 0.396 e. The van der Waals surface area contributed by atoms with Gasteiger partial charge in [-0.3, -0.25) is 0 Å². The lowest BCUT2D eigenvalue weighted by atomic mass is 10.1. The molecule has 0 aliphatic rings. The Hall–Kier alpha value is -1.30. The summed E-state index contributed by atoms with van der Waals surface area (Å²) in [6.07, 6.45) is 0.803. The third-order valence-corrected chi connectivity index (χ3v) is 4.28. The number of hydrogen-bond donors (Lipinski definition) is 3. The van der Waals surface area contributed by atoms with Crippen molar-refractivity contribution >= 4 is 28.5 Å². The van der Waals surface area contributed by atoms with Crippen molar-refractivity contribution in [3.05, 3.63) is 35.9 Å². The quantitative estimate of drug-likeness (QED) is 0.559. The van der Waals surface area contributed by atoms with Crippen LogP contribution in [0.5, 0.6) is 0 Å². The average Bonchev–Trinajstić information content (AvgIpc) is 2.44. The van der Waals surface area contributed by atoms with E-state index in [0.717, 1.165) is 34.5 Å². The number of rotatable bonds is 6. The van der Waals surface area contributed by atoms with Crippen molar-refractivity contribution in [2.75, 3.05) is 12.0 Å². The highest BCUT2D eigenvalue weighted by molar-refractivity contribution is 7.99. The molecule has 0 aliphatic carbocycles. The van der Waals surface area contributed by atoms with Gasteiger partial charge in [0.1, 0.15) is 5.82 Å². The second-order valence-electron chi connectivity index (χ2n) is 4.47. The fourth-order valence-electron chi connectivity index (χ4n) is 1.89. The Balaban J connectivity index is 2.21. The van der Waals surface area contributed by atoms with Gasteiger partial charge >= 0.3 is 0 Å². The van der Waals surface area contributed by atoms with Gasteiger partial charge in [0.2, 0.25) is 0 Å². The number of pyridine rings is 1. The van der Waals surface area contributed by atoms with Crippen molar-refractivity contribution in [1.82, 2.24) is 4.98 Å². The van der Waals surface area contributed by atoms with Crippen molar-refractivity contribution < 1.29 is 5.11 Å². The summed E-state index contributed by atoms with van der Waals surface area (Å²) >= 11 is 1.80. The van der Waals surface area contributed by atoms with E-state index in [2.05, 4.69) is 23.4 Å². The Labute approximate surface area is 117 Å². The Bertz CT molecular complexity index is 547. The first kappa shape index (κ1) is 14.1. The molecule has 4 N–H and O–H groups in total. The molecule has 2 aromatic rings. The first-order chi connectivity index (χ1) is 9.24. The number of para-hydroxylation sites is 1. The van der Waals surface area contributed by atoms with Crippen molar-refractivity contribution in [2.45, 2.75) is 24.3 Å². The monoisotopic (exact) mass is 277 g/mol. The standard InChI is InChI=1S/C14H19N3OS/c1-10(6-7-18)19-9-12-8-11-4-2-3-5-13(11)16-14(12)17-15/h2-5,8,10,18H,6-7,9,15H2,1H3,(H,16,17). The smallest absolute Gasteiger partial charge is 0.144 e. The van der Waals surface area contributed by atoms with Crippen LogP contribution in [0.4, 0.5) is 5.82 Å². The molecule has 1 aromatic carbocycles. The molecule has 0 saturated carbocycles. The number of nitrogens with zero attached hydrogens (tertiary/aromatic N) is 1. The number of fused-ring (bicyclic) bond motifs is 1. The van der Waals surface area contributed by atoms with Crippen LogP contribution in [0.2, 0.25) is 0 Å². The summed E-state index contributed by atoms with van der Waals surface area (Å²) in [7, 11) is 0. The lowest BCUT2D eigenvalue weighted by Gasteiger charge is -2.13. The highest BCUT2D eigenvalue weighted by atomic mass is 32.2. The highest BCUT2D eigenvalue weighted by Gasteiger charge is 2.08. The van der Waals surface area contributed by atoms with Crippen LogP contribution in [-0.2, 0) is 5.75 Å². The molecule has 19 heavy (non-hydrogen) atoms. The van der Waals surface area contributed by atoms with E-state index in [1.54, 1.807) is 11.8 Å². The zero-order valence-corrected chi connectivity index (χ0v) is 11.8. The fourth-order valence-corrected chi connectivity index (χ4v) is 2.85. The SMILES string of the molecule is CC(CCO)SCc1cc2ccccc2nc1NN. The van der Waals surface area contributed by atoms with Crippen molar-refractivity contribution in [3.8, 4) is 0 Å². The molecule has 102 valence electrons. The second kappa shape index (κ2) is 6.75. The van der Waals surface area contributed by atoms with Gasteiger partial charge < -0.3 is 10.5 Å². The summed E-state index contributed by atoms with van der Waals surface area (Å²) in [4.78, 5) is 4.52.